The van der Waals surface area contributed by atoms with Crippen LogP contribution in [0.3, 0.4) is 0 Å². The van der Waals surface area contributed by atoms with Gasteiger partial charge in [0, 0.05) is 18.3 Å². The van der Waals surface area contributed by atoms with E-state index in [4.69, 9.17) is 13.9 Å². The van der Waals surface area contributed by atoms with Crippen molar-refractivity contribution in [3.63, 3.8) is 0 Å². The van der Waals surface area contributed by atoms with Gasteiger partial charge in [0.25, 0.3) is 5.91 Å². The second-order valence-corrected chi connectivity index (χ2v) is 6.18. The number of ether oxygens (including phenoxy) is 2. The van der Waals surface area contributed by atoms with E-state index in [1.54, 1.807) is 31.6 Å². The van der Waals surface area contributed by atoms with Gasteiger partial charge in [-0.05, 0) is 44.2 Å². The molecule has 0 saturated heterocycles. The molecule has 0 fully saturated rings. The molecule has 7 nitrogen and oxygen atoms in total. The molecule has 0 aliphatic rings. The van der Waals surface area contributed by atoms with Crippen molar-refractivity contribution in [3.8, 4) is 11.5 Å². The van der Waals surface area contributed by atoms with E-state index < -0.39 is 0 Å². The molecule has 0 saturated carbocycles. The third-order valence-corrected chi connectivity index (χ3v) is 4.32. The highest BCUT2D eigenvalue weighted by Crippen LogP contribution is 2.25. The number of hydrogen-bond acceptors (Lipinski definition) is 5. The van der Waals surface area contributed by atoms with Crippen molar-refractivity contribution in [2.45, 2.75) is 19.9 Å². The van der Waals surface area contributed by atoms with Crippen molar-refractivity contribution in [1.82, 2.24) is 15.1 Å². The Labute approximate surface area is 157 Å². The number of rotatable bonds is 7. The number of nitrogens with one attached hydrogen (secondary N) is 1. The minimum absolute atomic E-state index is 0.243. The van der Waals surface area contributed by atoms with Crippen LogP contribution in [-0.4, -0.2) is 36.5 Å². The van der Waals surface area contributed by atoms with Crippen LogP contribution in [0.15, 0.2) is 47.1 Å². The third-order valence-electron chi connectivity index (χ3n) is 4.32. The maximum atomic E-state index is 12.7. The second kappa shape index (κ2) is 7.99. The molecular formula is C20H23N3O4. The first-order valence-corrected chi connectivity index (χ1v) is 8.60. The molecule has 27 heavy (non-hydrogen) atoms. The zero-order valence-corrected chi connectivity index (χ0v) is 15.9. The summed E-state index contributed by atoms with van der Waals surface area (Å²) in [5.41, 5.74) is 2.34. The number of carbonyl (C=O) groups excluding carboxylic acids is 1. The average molecular weight is 369 g/mol. The Morgan fingerprint density at radius 3 is 2.63 bits per heavy atom. The summed E-state index contributed by atoms with van der Waals surface area (Å²) in [5, 5.41) is 7.49. The smallest absolute Gasteiger partial charge is 0.255 e. The maximum Gasteiger partial charge on any atom is 0.255 e. The first kappa shape index (κ1) is 18.6. The van der Waals surface area contributed by atoms with Crippen LogP contribution in [0.25, 0.3) is 0 Å². The van der Waals surface area contributed by atoms with E-state index in [0.29, 0.717) is 23.6 Å². The molecule has 1 atom stereocenters. The van der Waals surface area contributed by atoms with Gasteiger partial charge in [0.1, 0.15) is 23.3 Å². The molecule has 2 heterocycles. The van der Waals surface area contributed by atoms with E-state index in [1.807, 2.05) is 36.7 Å². The Hall–Kier alpha value is -3.22. The maximum absolute atomic E-state index is 12.7. The van der Waals surface area contributed by atoms with Gasteiger partial charge in [-0.15, -0.1) is 0 Å². The Morgan fingerprint density at radius 1 is 1.22 bits per heavy atom. The Morgan fingerprint density at radius 2 is 2.04 bits per heavy atom. The van der Waals surface area contributed by atoms with E-state index in [-0.39, 0.29) is 11.9 Å². The van der Waals surface area contributed by atoms with Crippen LogP contribution in [0.4, 0.5) is 0 Å². The number of aromatic nitrogens is 2. The fraction of sp³-hybridized carbons (Fsp3) is 0.300. The summed E-state index contributed by atoms with van der Waals surface area (Å²) in [7, 11) is 3.09. The fourth-order valence-corrected chi connectivity index (χ4v) is 3.02. The monoisotopic (exact) mass is 369 g/mol. The molecule has 0 bridgehead atoms. The van der Waals surface area contributed by atoms with Crippen molar-refractivity contribution >= 4 is 5.91 Å². The molecule has 7 heteroatoms. The van der Waals surface area contributed by atoms with Crippen molar-refractivity contribution in [3.05, 3.63) is 65.4 Å². The topological polar surface area (TPSA) is 78.5 Å². The minimum atomic E-state index is -0.248. The van der Waals surface area contributed by atoms with Gasteiger partial charge in [0.05, 0.1) is 31.7 Å². The lowest BCUT2D eigenvalue weighted by molar-refractivity contribution is 0.0945. The van der Waals surface area contributed by atoms with Crippen molar-refractivity contribution in [1.29, 1.82) is 0 Å². The summed E-state index contributed by atoms with van der Waals surface area (Å²) < 4.78 is 17.9. The summed E-state index contributed by atoms with van der Waals surface area (Å²) >= 11 is 0. The minimum Gasteiger partial charge on any atom is -0.497 e. The standard InChI is InChI=1S/C20H23N3O4/c1-13-10-14(2)23(22-13)17(18-6-5-9-27-18)12-21-20(24)16-8-7-15(25-3)11-19(16)26-4/h5-11,17H,12H2,1-4H3,(H,21,24). The first-order chi connectivity index (χ1) is 13.0. The number of aryl methyl sites for hydroxylation is 2. The van der Waals surface area contributed by atoms with Crippen LogP contribution in [-0.2, 0) is 0 Å². The van der Waals surface area contributed by atoms with E-state index >= 15 is 0 Å². The zero-order valence-electron chi connectivity index (χ0n) is 15.9. The summed E-state index contributed by atoms with van der Waals surface area (Å²) in [5.74, 6) is 1.56. The van der Waals surface area contributed by atoms with Gasteiger partial charge in [-0.1, -0.05) is 0 Å². The Balaban J connectivity index is 1.82. The molecule has 1 amide bonds. The van der Waals surface area contributed by atoms with Crippen LogP contribution < -0.4 is 14.8 Å². The van der Waals surface area contributed by atoms with Gasteiger partial charge in [0.15, 0.2) is 0 Å². The Kier molecular flexibility index (Phi) is 5.49. The zero-order chi connectivity index (χ0) is 19.4. The molecule has 0 radical (unpaired) electrons. The van der Waals surface area contributed by atoms with E-state index in [9.17, 15) is 4.79 Å². The molecule has 142 valence electrons. The van der Waals surface area contributed by atoms with Gasteiger partial charge >= 0.3 is 0 Å². The van der Waals surface area contributed by atoms with E-state index in [1.165, 1.54) is 7.11 Å². The summed E-state index contributed by atoms with van der Waals surface area (Å²) in [6.07, 6.45) is 1.61. The molecule has 1 aromatic carbocycles. The highest BCUT2D eigenvalue weighted by molar-refractivity contribution is 5.97. The van der Waals surface area contributed by atoms with Gasteiger partial charge in [-0.2, -0.15) is 5.10 Å². The van der Waals surface area contributed by atoms with Gasteiger partial charge in [-0.3, -0.25) is 9.48 Å². The normalized spacial score (nSPS) is 11.9. The number of benzene rings is 1. The van der Waals surface area contributed by atoms with Crippen LogP contribution in [0, 0.1) is 13.8 Å². The summed E-state index contributed by atoms with van der Waals surface area (Å²) in [4.78, 5) is 12.7. The molecule has 0 aliphatic heterocycles. The van der Waals surface area contributed by atoms with E-state index in [0.717, 1.165) is 17.1 Å². The lowest BCUT2D eigenvalue weighted by atomic mass is 10.1. The fourth-order valence-electron chi connectivity index (χ4n) is 3.02. The number of hydrogen-bond donors (Lipinski definition) is 1. The van der Waals surface area contributed by atoms with E-state index in [2.05, 4.69) is 10.4 Å². The van der Waals surface area contributed by atoms with Crippen molar-refractivity contribution < 1.29 is 18.7 Å². The quantitative estimate of drug-likeness (QED) is 0.692. The van der Waals surface area contributed by atoms with Gasteiger partial charge in [-0.25, -0.2) is 0 Å². The first-order valence-electron chi connectivity index (χ1n) is 8.60. The predicted molar refractivity (Wildman–Crippen MR) is 100 cm³/mol. The Bertz CT molecular complexity index is 915. The lowest BCUT2D eigenvalue weighted by Gasteiger charge is -2.18. The van der Waals surface area contributed by atoms with Crippen molar-refractivity contribution in [2.75, 3.05) is 20.8 Å². The SMILES string of the molecule is COc1ccc(C(=O)NCC(c2ccco2)n2nc(C)cc2C)c(OC)c1. The number of methoxy groups -OCH3 is 2. The molecule has 1 unspecified atom stereocenters. The molecule has 0 aliphatic carbocycles. The lowest BCUT2D eigenvalue weighted by Crippen LogP contribution is -2.32. The summed E-state index contributed by atoms with van der Waals surface area (Å²) in [6, 6.07) is 10.5. The molecule has 3 aromatic rings. The molecule has 3 rings (SSSR count). The largest absolute Gasteiger partial charge is 0.497 e. The average Bonchev–Trinajstić information content (AvgIpc) is 3.31. The van der Waals surface area contributed by atoms with Gasteiger partial charge < -0.3 is 19.2 Å². The van der Waals surface area contributed by atoms with Crippen molar-refractivity contribution in [2.24, 2.45) is 0 Å². The number of amides is 1. The predicted octanol–water partition coefficient (Wildman–Crippen LogP) is 3.13. The molecule has 0 spiro atoms. The van der Waals surface area contributed by atoms with Crippen LogP contribution in [0.2, 0.25) is 0 Å². The number of furan rings is 1. The summed E-state index contributed by atoms with van der Waals surface area (Å²) in [6.45, 7) is 4.23. The second-order valence-electron chi connectivity index (χ2n) is 6.18. The highest BCUT2D eigenvalue weighted by Gasteiger charge is 2.22. The molecule has 2 aromatic heterocycles. The number of carbonyl (C=O) groups is 1. The highest BCUT2D eigenvalue weighted by atomic mass is 16.5. The number of nitrogens with zero attached hydrogens (tertiary/aromatic N) is 2. The molecule has 1 N–H and O–H groups in total. The molecular weight excluding hydrogens is 346 g/mol. The third kappa shape index (κ3) is 3.97. The van der Waals surface area contributed by atoms with Crippen LogP contribution >= 0.6 is 0 Å². The van der Waals surface area contributed by atoms with Crippen LogP contribution in [0.1, 0.15) is 33.5 Å². The van der Waals surface area contributed by atoms with Crippen LogP contribution in [0.5, 0.6) is 11.5 Å². The van der Waals surface area contributed by atoms with Gasteiger partial charge in [0.2, 0.25) is 0 Å².